The molecule has 26 heavy (non-hydrogen) atoms. The summed E-state index contributed by atoms with van der Waals surface area (Å²) >= 11 is 0. The molecular weight excluding hydrogens is 330 g/mol. The number of rotatable bonds is 4. The lowest BCUT2D eigenvalue weighted by Crippen LogP contribution is -2.43. The average molecular weight is 359 g/mol. The van der Waals surface area contributed by atoms with Crippen molar-refractivity contribution in [2.45, 2.75) is 40.5 Å². The van der Waals surface area contributed by atoms with Crippen molar-refractivity contribution in [3.63, 3.8) is 0 Å². The molecule has 1 saturated heterocycles. The van der Waals surface area contributed by atoms with E-state index >= 15 is 0 Å². The highest BCUT2D eigenvalue weighted by Gasteiger charge is 2.27. The van der Waals surface area contributed by atoms with Crippen LogP contribution in [0.1, 0.15) is 50.9 Å². The predicted molar refractivity (Wildman–Crippen MR) is 102 cm³/mol. The molecule has 1 aromatic rings. The second-order valence-electron chi connectivity index (χ2n) is 7.74. The van der Waals surface area contributed by atoms with E-state index in [4.69, 9.17) is 0 Å². The van der Waals surface area contributed by atoms with Gasteiger partial charge in [0.25, 0.3) is 5.91 Å². The van der Waals surface area contributed by atoms with E-state index in [1.807, 2.05) is 27.7 Å². The van der Waals surface area contributed by atoms with E-state index in [0.29, 0.717) is 43.7 Å². The maximum absolute atomic E-state index is 12.6. The molecule has 0 unspecified atom stereocenters. The number of carbonyl (C=O) groups is 3. The third kappa shape index (κ3) is 5.07. The van der Waals surface area contributed by atoms with E-state index in [1.54, 1.807) is 29.2 Å². The first-order valence-corrected chi connectivity index (χ1v) is 9.21. The van der Waals surface area contributed by atoms with Gasteiger partial charge in [0.1, 0.15) is 0 Å². The molecule has 2 N–H and O–H groups in total. The Morgan fingerprint density at radius 3 is 2.15 bits per heavy atom. The van der Waals surface area contributed by atoms with Crippen molar-refractivity contribution in [3.05, 3.63) is 29.8 Å². The van der Waals surface area contributed by atoms with Crippen LogP contribution in [0.15, 0.2) is 24.3 Å². The van der Waals surface area contributed by atoms with Gasteiger partial charge >= 0.3 is 0 Å². The van der Waals surface area contributed by atoms with E-state index in [-0.39, 0.29) is 23.6 Å². The number of nitrogens with one attached hydrogen (secondary N) is 2. The summed E-state index contributed by atoms with van der Waals surface area (Å²) in [5.74, 6) is -0.0235. The van der Waals surface area contributed by atoms with Crippen LogP contribution < -0.4 is 10.6 Å². The lowest BCUT2D eigenvalue weighted by Gasteiger charge is -2.31. The molecule has 1 aromatic carbocycles. The van der Waals surface area contributed by atoms with Crippen molar-refractivity contribution >= 4 is 23.4 Å². The SMILES string of the molecule is CCNC(=O)C1CCN(C(=O)c2ccc(NC(=O)C(C)(C)C)cc2)CC1. The van der Waals surface area contributed by atoms with Gasteiger partial charge < -0.3 is 15.5 Å². The summed E-state index contributed by atoms with van der Waals surface area (Å²) in [4.78, 5) is 38.3. The molecule has 1 aliphatic heterocycles. The summed E-state index contributed by atoms with van der Waals surface area (Å²) in [6, 6.07) is 6.96. The van der Waals surface area contributed by atoms with Gasteiger partial charge in [0.05, 0.1) is 0 Å². The van der Waals surface area contributed by atoms with E-state index in [9.17, 15) is 14.4 Å². The van der Waals surface area contributed by atoms with Crippen molar-refractivity contribution < 1.29 is 14.4 Å². The van der Waals surface area contributed by atoms with Gasteiger partial charge in [0, 0.05) is 42.2 Å². The minimum atomic E-state index is -0.469. The summed E-state index contributed by atoms with van der Waals surface area (Å²) in [6.07, 6.45) is 1.38. The Hall–Kier alpha value is -2.37. The Morgan fingerprint density at radius 1 is 1.08 bits per heavy atom. The Labute approximate surface area is 155 Å². The lowest BCUT2D eigenvalue weighted by molar-refractivity contribution is -0.126. The highest BCUT2D eigenvalue weighted by molar-refractivity contribution is 5.97. The predicted octanol–water partition coefficient (Wildman–Crippen LogP) is 2.66. The van der Waals surface area contributed by atoms with Crippen molar-refractivity contribution in [3.8, 4) is 0 Å². The molecular formula is C20H29N3O3. The number of hydrogen-bond donors (Lipinski definition) is 2. The second kappa shape index (κ2) is 8.34. The Bertz CT molecular complexity index is 654. The Balaban J connectivity index is 1.92. The number of amides is 3. The van der Waals surface area contributed by atoms with Gasteiger partial charge in [-0.05, 0) is 44.0 Å². The van der Waals surface area contributed by atoms with E-state index in [1.165, 1.54) is 0 Å². The number of anilines is 1. The second-order valence-corrected chi connectivity index (χ2v) is 7.74. The number of benzene rings is 1. The summed E-state index contributed by atoms with van der Waals surface area (Å²) in [6.45, 7) is 9.27. The number of hydrogen-bond acceptors (Lipinski definition) is 3. The summed E-state index contributed by atoms with van der Waals surface area (Å²) in [5.41, 5.74) is 0.801. The van der Waals surface area contributed by atoms with E-state index in [0.717, 1.165) is 0 Å². The topological polar surface area (TPSA) is 78.5 Å². The van der Waals surface area contributed by atoms with Crippen LogP contribution >= 0.6 is 0 Å². The van der Waals surface area contributed by atoms with Crippen molar-refractivity contribution in [2.75, 3.05) is 25.0 Å². The fourth-order valence-electron chi connectivity index (χ4n) is 2.86. The summed E-state index contributed by atoms with van der Waals surface area (Å²) in [7, 11) is 0. The zero-order valence-corrected chi connectivity index (χ0v) is 16.1. The fraction of sp³-hybridized carbons (Fsp3) is 0.550. The molecule has 3 amide bonds. The maximum atomic E-state index is 12.6. The van der Waals surface area contributed by atoms with E-state index < -0.39 is 5.41 Å². The lowest BCUT2D eigenvalue weighted by atomic mass is 9.95. The van der Waals surface area contributed by atoms with E-state index in [2.05, 4.69) is 10.6 Å². The largest absolute Gasteiger partial charge is 0.356 e. The van der Waals surface area contributed by atoms with Gasteiger partial charge in [-0.25, -0.2) is 0 Å². The third-order valence-corrected chi connectivity index (χ3v) is 4.57. The molecule has 1 fully saturated rings. The van der Waals surface area contributed by atoms with Crippen LogP contribution in [-0.4, -0.2) is 42.3 Å². The van der Waals surface area contributed by atoms with Crippen molar-refractivity contribution in [2.24, 2.45) is 11.3 Å². The van der Waals surface area contributed by atoms with Crippen LogP contribution in [0.25, 0.3) is 0 Å². The molecule has 0 aromatic heterocycles. The fourth-order valence-corrected chi connectivity index (χ4v) is 2.86. The van der Waals surface area contributed by atoms with Crippen LogP contribution in [0.2, 0.25) is 0 Å². The summed E-state index contributed by atoms with van der Waals surface area (Å²) < 4.78 is 0. The van der Waals surface area contributed by atoms with Gasteiger partial charge in [-0.1, -0.05) is 20.8 Å². The number of carbonyl (C=O) groups excluding carboxylic acids is 3. The van der Waals surface area contributed by atoms with Crippen LogP contribution in [-0.2, 0) is 9.59 Å². The molecule has 0 atom stereocenters. The molecule has 0 bridgehead atoms. The van der Waals surface area contributed by atoms with Crippen LogP contribution in [0, 0.1) is 11.3 Å². The zero-order valence-electron chi connectivity index (χ0n) is 16.1. The molecule has 6 nitrogen and oxygen atoms in total. The number of likely N-dealkylation sites (tertiary alicyclic amines) is 1. The molecule has 0 radical (unpaired) electrons. The minimum absolute atomic E-state index is 0.00557. The average Bonchev–Trinajstić information content (AvgIpc) is 2.61. The Kier molecular flexibility index (Phi) is 6.40. The van der Waals surface area contributed by atoms with Crippen LogP contribution in [0.4, 0.5) is 5.69 Å². The molecule has 6 heteroatoms. The van der Waals surface area contributed by atoms with Crippen molar-refractivity contribution in [1.82, 2.24) is 10.2 Å². The third-order valence-electron chi connectivity index (χ3n) is 4.57. The first-order valence-electron chi connectivity index (χ1n) is 9.21. The molecule has 1 heterocycles. The van der Waals surface area contributed by atoms with Crippen molar-refractivity contribution in [1.29, 1.82) is 0 Å². The highest BCUT2D eigenvalue weighted by atomic mass is 16.2. The molecule has 0 spiro atoms. The maximum Gasteiger partial charge on any atom is 0.253 e. The molecule has 0 saturated carbocycles. The van der Waals surface area contributed by atoms with Gasteiger partial charge in [0.2, 0.25) is 11.8 Å². The first kappa shape index (κ1) is 19.9. The normalized spacial score (nSPS) is 15.5. The standard InChI is InChI=1S/C20H29N3O3/c1-5-21-17(24)14-10-12-23(13-11-14)18(25)15-6-8-16(9-7-15)22-19(26)20(2,3)4/h6-9,14H,5,10-13H2,1-4H3,(H,21,24)(H,22,26). The molecule has 1 aliphatic rings. The molecule has 0 aliphatic carbocycles. The smallest absolute Gasteiger partial charge is 0.253 e. The molecule has 142 valence electrons. The zero-order chi connectivity index (χ0) is 19.3. The number of piperidine rings is 1. The quantitative estimate of drug-likeness (QED) is 0.867. The van der Waals surface area contributed by atoms with Gasteiger partial charge in [-0.15, -0.1) is 0 Å². The Morgan fingerprint density at radius 2 is 1.65 bits per heavy atom. The van der Waals surface area contributed by atoms with Gasteiger partial charge in [-0.3, -0.25) is 14.4 Å². The molecule has 2 rings (SSSR count). The highest BCUT2D eigenvalue weighted by Crippen LogP contribution is 2.21. The van der Waals surface area contributed by atoms with Gasteiger partial charge in [0.15, 0.2) is 0 Å². The number of nitrogens with zero attached hydrogens (tertiary/aromatic N) is 1. The monoisotopic (exact) mass is 359 g/mol. The van der Waals surface area contributed by atoms with Gasteiger partial charge in [-0.2, -0.15) is 0 Å². The summed E-state index contributed by atoms with van der Waals surface area (Å²) in [5, 5.41) is 5.70. The minimum Gasteiger partial charge on any atom is -0.356 e. The first-order chi connectivity index (χ1) is 12.2. The van der Waals surface area contributed by atoms with Crippen LogP contribution in [0.5, 0.6) is 0 Å². The van der Waals surface area contributed by atoms with Crippen LogP contribution in [0.3, 0.4) is 0 Å².